The van der Waals surface area contributed by atoms with Gasteiger partial charge in [0.15, 0.2) is 0 Å². The molecule has 1 fully saturated rings. The summed E-state index contributed by atoms with van der Waals surface area (Å²) in [6.07, 6.45) is 2.75. The predicted molar refractivity (Wildman–Crippen MR) is 80.5 cm³/mol. The van der Waals surface area contributed by atoms with Gasteiger partial charge in [0.05, 0.1) is 0 Å². The summed E-state index contributed by atoms with van der Waals surface area (Å²) >= 11 is 7.04. The highest BCUT2D eigenvalue weighted by atomic mass is 35.5. The van der Waals surface area contributed by atoms with Gasteiger partial charge in [0, 0.05) is 23.8 Å². The van der Waals surface area contributed by atoms with Crippen LogP contribution in [0.15, 0.2) is 16.3 Å². The van der Waals surface area contributed by atoms with E-state index in [1.54, 1.807) is 10.4 Å². The van der Waals surface area contributed by atoms with Gasteiger partial charge in [-0.3, -0.25) is 0 Å². The second-order valence-corrected chi connectivity index (χ2v) is 9.48. The van der Waals surface area contributed by atoms with E-state index in [1.165, 1.54) is 11.3 Å². The lowest BCUT2D eigenvalue weighted by Gasteiger charge is -2.36. The molecule has 6 heteroatoms. The highest BCUT2D eigenvalue weighted by molar-refractivity contribution is 7.91. The standard InChI is InChI=1S/C13H20ClNO2S2/c1-13(2)7-3-9-15(10-13)19(16,17)12-5-4-11(18-12)6-8-14/h4-5H,3,6-10H2,1-2H3. The Hall–Kier alpha value is -0.100. The molecule has 0 N–H and O–H groups in total. The Morgan fingerprint density at radius 2 is 2.16 bits per heavy atom. The fourth-order valence-electron chi connectivity index (χ4n) is 2.43. The lowest BCUT2D eigenvalue weighted by Crippen LogP contribution is -2.43. The molecule has 0 radical (unpaired) electrons. The van der Waals surface area contributed by atoms with Crippen molar-refractivity contribution in [3.05, 3.63) is 17.0 Å². The topological polar surface area (TPSA) is 37.4 Å². The Bertz CT molecular complexity index is 537. The van der Waals surface area contributed by atoms with Crippen molar-refractivity contribution in [1.82, 2.24) is 4.31 Å². The lowest BCUT2D eigenvalue weighted by molar-refractivity contribution is 0.187. The van der Waals surface area contributed by atoms with Crippen LogP contribution in [0, 0.1) is 5.41 Å². The zero-order chi connectivity index (χ0) is 14.1. The van der Waals surface area contributed by atoms with E-state index in [2.05, 4.69) is 13.8 Å². The highest BCUT2D eigenvalue weighted by Gasteiger charge is 2.34. The Balaban J connectivity index is 2.21. The molecule has 0 aromatic carbocycles. The molecule has 2 heterocycles. The summed E-state index contributed by atoms with van der Waals surface area (Å²) in [5.41, 5.74) is 0.0710. The number of thiophene rings is 1. The molecule has 1 aliphatic heterocycles. The number of halogens is 1. The molecule has 1 aliphatic rings. The van der Waals surface area contributed by atoms with Gasteiger partial charge < -0.3 is 0 Å². The van der Waals surface area contributed by atoms with Crippen LogP contribution >= 0.6 is 22.9 Å². The number of piperidine rings is 1. The van der Waals surface area contributed by atoms with Gasteiger partial charge >= 0.3 is 0 Å². The number of alkyl halides is 1. The molecular weight excluding hydrogens is 302 g/mol. The van der Waals surface area contributed by atoms with Crippen molar-refractivity contribution in [1.29, 1.82) is 0 Å². The van der Waals surface area contributed by atoms with Gasteiger partial charge in [0.1, 0.15) is 4.21 Å². The van der Waals surface area contributed by atoms with Crippen LogP contribution in [-0.4, -0.2) is 31.7 Å². The Morgan fingerprint density at radius 1 is 1.42 bits per heavy atom. The first kappa shape index (κ1) is 15.3. The van der Waals surface area contributed by atoms with Gasteiger partial charge in [-0.1, -0.05) is 13.8 Å². The number of rotatable bonds is 4. The summed E-state index contributed by atoms with van der Waals surface area (Å²) in [7, 11) is -3.32. The SMILES string of the molecule is CC1(C)CCCN(S(=O)(=O)c2ccc(CCCl)s2)C1. The molecule has 0 saturated carbocycles. The maximum absolute atomic E-state index is 12.6. The molecule has 2 rings (SSSR count). The van der Waals surface area contributed by atoms with Crippen molar-refractivity contribution in [2.24, 2.45) is 5.41 Å². The molecule has 0 spiro atoms. The second kappa shape index (κ2) is 5.72. The quantitative estimate of drug-likeness (QED) is 0.798. The monoisotopic (exact) mass is 321 g/mol. The first-order valence-electron chi connectivity index (χ1n) is 6.50. The fraction of sp³-hybridized carbons (Fsp3) is 0.692. The zero-order valence-electron chi connectivity index (χ0n) is 11.4. The zero-order valence-corrected chi connectivity index (χ0v) is 13.7. The summed E-state index contributed by atoms with van der Waals surface area (Å²) in [5.74, 6) is 0.525. The molecular formula is C13H20ClNO2S2. The van der Waals surface area contributed by atoms with Crippen LogP contribution in [0.2, 0.25) is 0 Å². The van der Waals surface area contributed by atoms with Crippen LogP contribution in [0.4, 0.5) is 0 Å². The van der Waals surface area contributed by atoms with E-state index in [0.717, 1.165) is 24.1 Å². The Labute approximate surface area is 124 Å². The molecule has 3 nitrogen and oxygen atoms in total. The third kappa shape index (κ3) is 3.51. The van der Waals surface area contributed by atoms with E-state index >= 15 is 0 Å². The van der Waals surface area contributed by atoms with Gasteiger partial charge in [0.25, 0.3) is 10.0 Å². The van der Waals surface area contributed by atoms with Gasteiger partial charge in [-0.15, -0.1) is 22.9 Å². The van der Waals surface area contributed by atoms with Crippen LogP contribution in [0.25, 0.3) is 0 Å². The van der Waals surface area contributed by atoms with Crippen molar-refractivity contribution >= 4 is 33.0 Å². The highest BCUT2D eigenvalue weighted by Crippen LogP contribution is 2.33. The maximum atomic E-state index is 12.6. The van der Waals surface area contributed by atoms with E-state index in [4.69, 9.17) is 11.6 Å². The minimum atomic E-state index is -3.32. The van der Waals surface area contributed by atoms with Crippen LogP contribution in [-0.2, 0) is 16.4 Å². The largest absolute Gasteiger partial charge is 0.252 e. The van der Waals surface area contributed by atoms with Crippen LogP contribution in [0.1, 0.15) is 31.6 Å². The van der Waals surface area contributed by atoms with Crippen molar-refractivity contribution in [2.75, 3.05) is 19.0 Å². The number of aryl methyl sites for hydroxylation is 1. The summed E-state index contributed by atoms with van der Waals surface area (Å²) in [4.78, 5) is 1.03. The van der Waals surface area contributed by atoms with Gasteiger partial charge in [-0.25, -0.2) is 8.42 Å². The predicted octanol–water partition coefficient (Wildman–Crippen LogP) is 3.34. The van der Waals surface area contributed by atoms with Crippen LogP contribution < -0.4 is 0 Å². The smallest absolute Gasteiger partial charge is 0.206 e. The minimum absolute atomic E-state index is 0.0710. The van der Waals surface area contributed by atoms with Gasteiger partial charge in [-0.05, 0) is 36.8 Å². The molecule has 0 aliphatic carbocycles. The molecule has 0 unspecified atom stereocenters. The van der Waals surface area contributed by atoms with Gasteiger partial charge in [-0.2, -0.15) is 4.31 Å². The van der Waals surface area contributed by atoms with E-state index in [-0.39, 0.29) is 5.41 Å². The van der Waals surface area contributed by atoms with Crippen molar-refractivity contribution < 1.29 is 8.42 Å². The Kier molecular flexibility index (Phi) is 4.60. The fourth-order valence-corrected chi connectivity index (χ4v) is 5.92. The average molecular weight is 322 g/mol. The van der Waals surface area contributed by atoms with Crippen LogP contribution in [0.3, 0.4) is 0 Å². The molecule has 0 atom stereocenters. The van der Waals surface area contributed by atoms with Crippen LogP contribution in [0.5, 0.6) is 0 Å². The van der Waals surface area contributed by atoms with E-state index in [9.17, 15) is 8.42 Å². The molecule has 1 aromatic rings. The third-order valence-corrected chi connectivity index (χ3v) is 7.08. The minimum Gasteiger partial charge on any atom is -0.206 e. The number of hydrogen-bond acceptors (Lipinski definition) is 3. The molecule has 108 valence electrons. The van der Waals surface area contributed by atoms with E-state index in [0.29, 0.717) is 23.2 Å². The summed E-state index contributed by atoms with van der Waals surface area (Å²) < 4.78 is 27.3. The lowest BCUT2D eigenvalue weighted by atomic mass is 9.85. The van der Waals surface area contributed by atoms with E-state index in [1.807, 2.05) is 6.07 Å². The van der Waals surface area contributed by atoms with Crippen molar-refractivity contribution in [3.8, 4) is 0 Å². The normalized spacial score (nSPS) is 20.6. The van der Waals surface area contributed by atoms with Crippen molar-refractivity contribution in [3.63, 3.8) is 0 Å². The molecule has 0 amide bonds. The summed E-state index contributed by atoms with van der Waals surface area (Å²) in [5, 5.41) is 0. The third-order valence-electron chi connectivity index (χ3n) is 3.44. The van der Waals surface area contributed by atoms with Gasteiger partial charge in [0.2, 0.25) is 0 Å². The molecule has 1 saturated heterocycles. The number of sulfonamides is 1. The average Bonchev–Trinajstić information content (AvgIpc) is 2.77. The molecule has 0 bridgehead atoms. The number of hydrogen-bond donors (Lipinski definition) is 0. The number of nitrogens with zero attached hydrogens (tertiary/aromatic N) is 1. The summed E-state index contributed by atoms with van der Waals surface area (Å²) in [6.45, 7) is 5.50. The first-order chi connectivity index (χ1) is 8.85. The maximum Gasteiger partial charge on any atom is 0.252 e. The molecule has 19 heavy (non-hydrogen) atoms. The van der Waals surface area contributed by atoms with Crippen molar-refractivity contribution in [2.45, 2.75) is 37.3 Å². The molecule has 1 aromatic heterocycles. The van der Waals surface area contributed by atoms with E-state index < -0.39 is 10.0 Å². The second-order valence-electron chi connectivity index (χ2n) is 5.77. The summed E-state index contributed by atoms with van der Waals surface area (Å²) in [6, 6.07) is 3.58. The first-order valence-corrected chi connectivity index (χ1v) is 9.29. The Morgan fingerprint density at radius 3 is 2.79 bits per heavy atom.